The third kappa shape index (κ3) is 2.90. The second-order valence-electron chi connectivity index (χ2n) is 4.02. The number of hydrogen-bond acceptors (Lipinski definition) is 5. The Balaban J connectivity index is 2.05. The molecule has 0 unspecified atom stereocenters. The number of hydrogen-bond donors (Lipinski definition) is 0. The Kier molecular flexibility index (Phi) is 3.91. The van der Waals surface area contributed by atoms with Crippen LogP contribution in [0.25, 0.3) is 6.08 Å². The predicted octanol–water partition coefficient (Wildman–Crippen LogP) is 1.18. The van der Waals surface area contributed by atoms with E-state index in [4.69, 9.17) is 5.26 Å². The zero-order valence-electron chi connectivity index (χ0n) is 10.4. The fourth-order valence-electron chi connectivity index (χ4n) is 1.68. The number of imide groups is 1. The highest BCUT2D eigenvalue weighted by Crippen LogP contribution is 2.13. The zero-order valence-corrected chi connectivity index (χ0v) is 10.4. The van der Waals surface area contributed by atoms with Crippen LogP contribution in [0.4, 0.5) is 0 Å². The highest BCUT2D eigenvalue weighted by atomic mass is 16.7. The normalized spacial score (nSPS) is 14.7. The Bertz CT molecular complexity index is 627. The topological polar surface area (TPSA) is 87.5 Å². The van der Waals surface area contributed by atoms with Crippen molar-refractivity contribution in [1.82, 2.24) is 5.06 Å². The van der Waals surface area contributed by atoms with E-state index in [-0.39, 0.29) is 12.8 Å². The molecule has 6 nitrogen and oxygen atoms in total. The average molecular weight is 270 g/mol. The van der Waals surface area contributed by atoms with Gasteiger partial charge in [0.2, 0.25) is 0 Å². The third-order valence-electron chi connectivity index (χ3n) is 2.67. The first kappa shape index (κ1) is 13.5. The van der Waals surface area contributed by atoms with E-state index >= 15 is 0 Å². The van der Waals surface area contributed by atoms with Crippen LogP contribution in [-0.4, -0.2) is 22.8 Å². The molecule has 100 valence electrons. The van der Waals surface area contributed by atoms with Crippen LogP contribution in [0, 0.1) is 11.3 Å². The van der Waals surface area contributed by atoms with E-state index < -0.39 is 17.8 Å². The summed E-state index contributed by atoms with van der Waals surface area (Å²) in [7, 11) is 0. The van der Waals surface area contributed by atoms with Crippen LogP contribution in [0.15, 0.2) is 30.3 Å². The maximum absolute atomic E-state index is 11.5. The van der Waals surface area contributed by atoms with Crippen molar-refractivity contribution in [2.75, 3.05) is 0 Å². The molecular weight excluding hydrogens is 260 g/mol. The Labute approximate surface area is 114 Å². The molecule has 20 heavy (non-hydrogen) atoms. The fourth-order valence-corrected chi connectivity index (χ4v) is 1.68. The number of hydroxylamine groups is 2. The monoisotopic (exact) mass is 270 g/mol. The molecule has 0 aromatic heterocycles. The molecule has 0 saturated carbocycles. The van der Waals surface area contributed by atoms with E-state index in [0.29, 0.717) is 16.2 Å². The van der Waals surface area contributed by atoms with Crippen molar-refractivity contribution in [2.24, 2.45) is 0 Å². The lowest BCUT2D eigenvalue weighted by atomic mass is 10.1. The molecule has 0 aliphatic carbocycles. The molecule has 1 saturated heterocycles. The van der Waals surface area contributed by atoms with Gasteiger partial charge in [-0.25, -0.2) is 4.79 Å². The van der Waals surface area contributed by atoms with Gasteiger partial charge in [0.15, 0.2) is 0 Å². The van der Waals surface area contributed by atoms with Crippen molar-refractivity contribution < 1.29 is 19.2 Å². The number of nitriles is 1. The van der Waals surface area contributed by atoms with Gasteiger partial charge in [0.25, 0.3) is 11.8 Å². The molecule has 1 aliphatic rings. The molecule has 2 amide bonds. The number of benzene rings is 1. The van der Waals surface area contributed by atoms with E-state index in [1.807, 2.05) is 6.07 Å². The standard InChI is InChI=1S/C14H10N2O4/c15-9-11-4-2-1-3-10(11)5-8-14(19)20-16-12(17)6-7-13(16)18/h1-5,8H,6-7H2. The van der Waals surface area contributed by atoms with Crippen LogP contribution in [-0.2, 0) is 19.2 Å². The molecule has 0 N–H and O–H groups in total. The van der Waals surface area contributed by atoms with Gasteiger partial charge in [0, 0.05) is 18.9 Å². The van der Waals surface area contributed by atoms with E-state index in [1.165, 1.54) is 6.08 Å². The zero-order chi connectivity index (χ0) is 14.5. The number of carbonyl (C=O) groups is 3. The van der Waals surface area contributed by atoms with Crippen LogP contribution in [0.5, 0.6) is 0 Å². The van der Waals surface area contributed by atoms with Crippen molar-refractivity contribution in [2.45, 2.75) is 12.8 Å². The summed E-state index contributed by atoms with van der Waals surface area (Å²) in [4.78, 5) is 38.7. The van der Waals surface area contributed by atoms with Gasteiger partial charge in [-0.3, -0.25) is 9.59 Å². The molecule has 2 rings (SSSR count). The minimum Gasteiger partial charge on any atom is -0.326 e. The Morgan fingerprint density at radius 1 is 1.25 bits per heavy atom. The second kappa shape index (κ2) is 5.80. The summed E-state index contributed by atoms with van der Waals surface area (Å²) in [6.07, 6.45) is 2.56. The van der Waals surface area contributed by atoms with Crippen molar-refractivity contribution >= 4 is 23.9 Å². The van der Waals surface area contributed by atoms with Gasteiger partial charge in [-0.05, 0) is 17.7 Å². The van der Waals surface area contributed by atoms with Gasteiger partial charge in [-0.1, -0.05) is 18.2 Å². The van der Waals surface area contributed by atoms with Gasteiger partial charge in [0.1, 0.15) is 0 Å². The van der Waals surface area contributed by atoms with Crippen molar-refractivity contribution in [1.29, 1.82) is 5.26 Å². The largest absolute Gasteiger partial charge is 0.356 e. The van der Waals surface area contributed by atoms with E-state index in [2.05, 4.69) is 4.84 Å². The number of nitrogens with zero attached hydrogens (tertiary/aromatic N) is 2. The molecule has 1 aliphatic heterocycles. The van der Waals surface area contributed by atoms with Gasteiger partial charge in [0.05, 0.1) is 11.6 Å². The van der Waals surface area contributed by atoms with Crippen LogP contribution in [0.1, 0.15) is 24.0 Å². The highest BCUT2D eigenvalue weighted by Gasteiger charge is 2.32. The summed E-state index contributed by atoms with van der Waals surface area (Å²) < 4.78 is 0. The predicted molar refractivity (Wildman–Crippen MR) is 67.4 cm³/mol. The minimum atomic E-state index is -0.846. The molecule has 0 atom stereocenters. The molecule has 6 heteroatoms. The maximum Gasteiger partial charge on any atom is 0.356 e. The van der Waals surface area contributed by atoms with Crippen molar-refractivity contribution in [3.05, 3.63) is 41.5 Å². The first-order valence-corrected chi connectivity index (χ1v) is 5.87. The summed E-state index contributed by atoms with van der Waals surface area (Å²) >= 11 is 0. The summed E-state index contributed by atoms with van der Waals surface area (Å²) in [5, 5.41) is 9.36. The summed E-state index contributed by atoms with van der Waals surface area (Å²) in [6.45, 7) is 0. The lowest BCUT2D eigenvalue weighted by Crippen LogP contribution is -2.31. The number of amides is 2. The molecule has 1 aromatic rings. The molecule has 0 bridgehead atoms. The van der Waals surface area contributed by atoms with Gasteiger partial charge >= 0.3 is 5.97 Å². The van der Waals surface area contributed by atoms with Crippen LogP contribution in [0.2, 0.25) is 0 Å². The molecule has 1 heterocycles. The molecule has 1 aromatic carbocycles. The lowest BCUT2D eigenvalue weighted by Gasteiger charge is -2.10. The smallest absolute Gasteiger partial charge is 0.326 e. The quantitative estimate of drug-likeness (QED) is 0.608. The van der Waals surface area contributed by atoms with Crippen LogP contribution in [0.3, 0.4) is 0 Å². The van der Waals surface area contributed by atoms with Crippen molar-refractivity contribution in [3.8, 4) is 6.07 Å². The van der Waals surface area contributed by atoms with Crippen molar-refractivity contribution in [3.63, 3.8) is 0 Å². The third-order valence-corrected chi connectivity index (χ3v) is 2.67. The molecule has 1 fully saturated rings. The fraction of sp³-hybridized carbons (Fsp3) is 0.143. The van der Waals surface area contributed by atoms with Crippen LogP contribution >= 0.6 is 0 Å². The first-order valence-electron chi connectivity index (χ1n) is 5.87. The maximum atomic E-state index is 11.5. The molecule has 0 radical (unpaired) electrons. The highest BCUT2D eigenvalue weighted by molar-refractivity contribution is 6.02. The summed E-state index contributed by atoms with van der Waals surface area (Å²) in [5.41, 5.74) is 0.955. The van der Waals surface area contributed by atoms with Crippen LogP contribution < -0.4 is 0 Å². The summed E-state index contributed by atoms with van der Waals surface area (Å²) in [6, 6.07) is 8.68. The average Bonchev–Trinajstić information content (AvgIpc) is 2.77. The lowest BCUT2D eigenvalue weighted by molar-refractivity contribution is -0.193. The van der Waals surface area contributed by atoms with E-state index in [9.17, 15) is 14.4 Å². The number of carbonyl (C=O) groups excluding carboxylic acids is 3. The van der Waals surface area contributed by atoms with Gasteiger partial charge in [-0.2, -0.15) is 5.26 Å². The Morgan fingerprint density at radius 3 is 2.55 bits per heavy atom. The Morgan fingerprint density at radius 2 is 1.90 bits per heavy atom. The van der Waals surface area contributed by atoms with E-state index in [0.717, 1.165) is 6.08 Å². The SMILES string of the molecule is N#Cc1ccccc1C=CC(=O)ON1C(=O)CCC1=O. The molecular formula is C14H10N2O4. The number of rotatable bonds is 3. The van der Waals surface area contributed by atoms with E-state index in [1.54, 1.807) is 24.3 Å². The second-order valence-corrected chi connectivity index (χ2v) is 4.02. The van der Waals surface area contributed by atoms with Gasteiger partial charge in [-0.15, -0.1) is 5.06 Å². The first-order chi connectivity index (χ1) is 9.61. The molecule has 0 spiro atoms. The van der Waals surface area contributed by atoms with Gasteiger partial charge < -0.3 is 4.84 Å². The Hall–Kier alpha value is -2.94. The minimum absolute atomic E-state index is 0.0487. The summed E-state index contributed by atoms with van der Waals surface area (Å²) in [5.74, 6) is -1.91.